The molecule has 2 aliphatic carbocycles. The Labute approximate surface area is 405 Å². The molecule has 0 atom stereocenters. The normalized spacial score (nSPS) is 14.4. The third kappa shape index (κ3) is 5.07. The number of ether oxygens (including phenoxy) is 1. The standard InChI is InChI=1S/C66H41NOS/c1-2-20-42(21-3-1)44-23-6-13-33-55(44)67(57-35-19-32-53-63(57)45-24-4-7-26-47(45)65(53)49-28-9-14-36-58(49)68-59-37-15-10-29-50(59)65)56-34-18-22-43-40-41-54-64(62(43)56)46-25-5-8-27-48(46)66(54)51-30-11-16-38-60(51)69-61-39-17-12-31-52(61)66/h1-41H. The van der Waals surface area contributed by atoms with Crippen molar-refractivity contribution >= 4 is 39.6 Å². The van der Waals surface area contributed by atoms with Crippen LogP contribution < -0.4 is 9.64 Å². The Morgan fingerprint density at radius 1 is 0.304 bits per heavy atom. The topological polar surface area (TPSA) is 12.5 Å². The van der Waals surface area contributed by atoms with Crippen LogP contribution in [0.4, 0.5) is 17.1 Å². The minimum Gasteiger partial charge on any atom is -0.457 e. The first-order valence-electron chi connectivity index (χ1n) is 23.8. The van der Waals surface area contributed by atoms with Gasteiger partial charge in [0.2, 0.25) is 0 Å². The summed E-state index contributed by atoms with van der Waals surface area (Å²) in [5.41, 5.74) is 19.7. The molecule has 2 nitrogen and oxygen atoms in total. The molecule has 0 amide bonds. The van der Waals surface area contributed by atoms with Crippen LogP contribution in [0.25, 0.3) is 44.2 Å². The van der Waals surface area contributed by atoms with Crippen LogP contribution in [-0.4, -0.2) is 0 Å². The van der Waals surface area contributed by atoms with Crippen LogP contribution in [0.3, 0.4) is 0 Å². The van der Waals surface area contributed by atoms with Crippen molar-refractivity contribution < 1.29 is 4.74 Å². The summed E-state index contributed by atoms with van der Waals surface area (Å²) in [6, 6.07) is 92.4. The van der Waals surface area contributed by atoms with Gasteiger partial charge in [0, 0.05) is 37.4 Å². The number of rotatable bonds is 4. The molecule has 0 N–H and O–H groups in total. The van der Waals surface area contributed by atoms with Gasteiger partial charge < -0.3 is 9.64 Å². The molecule has 4 aliphatic rings. The van der Waals surface area contributed by atoms with E-state index in [1.165, 1.54) is 76.2 Å². The summed E-state index contributed by atoms with van der Waals surface area (Å²) < 4.78 is 6.77. The van der Waals surface area contributed by atoms with Crippen molar-refractivity contribution in [2.75, 3.05) is 4.90 Å². The lowest BCUT2D eigenvalue weighted by atomic mass is 9.66. The zero-order valence-corrected chi connectivity index (χ0v) is 38.3. The fraction of sp³-hybridized carbons (Fsp3) is 0.0303. The Morgan fingerprint density at radius 2 is 0.768 bits per heavy atom. The maximum Gasteiger partial charge on any atom is 0.132 e. The quantitative estimate of drug-likeness (QED) is 0.175. The van der Waals surface area contributed by atoms with Crippen LogP contribution in [0.2, 0.25) is 0 Å². The van der Waals surface area contributed by atoms with Crippen LogP contribution in [0.1, 0.15) is 44.5 Å². The van der Waals surface area contributed by atoms with Crippen molar-refractivity contribution in [2.45, 2.75) is 20.6 Å². The third-order valence-electron chi connectivity index (χ3n) is 15.4. The molecule has 2 heterocycles. The Balaban J connectivity index is 1.09. The van der Waals surface area contributed by atoms with Crippen LogP contribution in [0.15, 0.2) is 259 Å². The molecule has 322 valence electrons. The second-order valence-electron chi connectivity index (χ2n) is 18.6. The molecule has 0 unspecified atom stereocenters. The van der Waals surface area contributed by atoms with E-state index in [9.17, 15) is 0 Å². The molecular weight excluding hydrogens is 855 g/mol. The molecule has 0 bridgehead atoms. The second kappa shape index (κ2) is 14.6. The van der Waals surface area contributed by atoms with E-state index in [0.717, 1.165) is 50.8 Å². The summed E-state index contributed by atoms with van der Waals surface area (Å²) in [5, 5.41) is 2.43. The van der Waals surface area contributed by atoms with Gasteiger partial charge in [-0.1, -0.05) is 218 Å². The molecule has 0 radical (unpaired) electrons. The van der Waals surface area contributed by atoms with E-state index in [2.05, 4.69) is 254 Å². The molecule has 11 aromatic carbocycles. The largest absolute Gasteiger partial charge is 0.457 e. The second-order valence-corrected chi connectivity index (χ2v) is 19.6. The predicted molar refractivity (Wildman–Crippen MR) is 283 cm³/mol. The van der Waals surface area contributed by atoms with Gasteiger partial charge >= 0.3 is 0 Å². The van der Waals surface area contributed by atoms with E-state index in [1.807, 2.05) is 11.8 Å². The molecule has 2 aliphatic heterocycles. The number of nitrogens with zero attached hydrogens (tertiary/aromatic N) is 1. The SMILES string of the molecule is c1ccc(-c2ccccc2N(c2cccc3c2-c2ccccc2C32c3ccccc3Oc3ccccc32)c2cccc3ccc4c(c23)-c2ccccc2C42c3ccccc3Sc3ccccc32)cc1. The van der Waals surface area contributed by atoms with Gasteiger partial charge in [-0.15, -0.1) is 0 Å². The molecular formula is C66H41NOS. The summed E-state index contributed by atoms with van der Waals surface area (Å²) in [4.78, 5) is 5.20. The van der Waals surface area contributed by atoms with Gasteiger partial charge in [-0.3, -0.25) is 0 Å². The molecule has 15 rings (SSSR count). The van der Waals surface area contributed by atoms with E-state index in [-0.39, 0.29) is 0 Å². The lowest BCUT2D eigenvalue weighted by Crippen LogP contribution is -2.32. The summed E-state index contributed by atoms with van der Waals surface area (Å²) in [7, 11) is 0. The van der Waals surface area contributed by atoms with E-state index >= 15 is 0 Å². The smallest absolute Gasteiger partial charge is 0.132 e. The van der Waals surface area contributed by atoms with Crippen LogP contribution in [-0.2, 0) is 10.8 Å². The molecule has 2 spiro atoms. The molecule has 0 saturated heterocycles. The van der Waals surface area contributed by atoms with E-state index < -0.39 is 10.8 Å². The number of benzene rings is 11. The molecule has 3 heteroatoms. The highest BCUT2D eigenvalue weighted by Crippen LogP contribution is 2.67. The number of hydrogen-bond acceptors (Lipinski definition) is 3. The first-order valence-corrected chi connectivity index (χ1v) is 24.7. The summed E-state index contributed by atoms with van der Waals surface area (Å²) in [6.45, 7) is 0. The lowest BCUT2D eigenvalue weighted by Gasteiger charge is -2.40. The zero-order valence-electron chi connectivity index (χ0n) is 37.4. The van der Waals surface area contributed by atoms with Crippen molar-refractivity contribution in [3.05, 3.63) is 293 Å². The summed E-state index contributed by atoms with van der Waals surface area (Å²) in [6.07, 6.45) is 0. The fourth-order valence-corrected chi connectivity index (χ4v) is 14.1. The van der Waals surface area contributed by atoms with E-state index in [1.54, 1.807) is 0 Å². The highest BCUT2D eigenvalue weighted by molar-refractivity contribution is 7.99. The van der Waals surface area contributed by atoms with Gasteiger partial charge in [0.1, 0.15) is 11.5 Å². The number of hydrogen-bond donors (Lipinski definition) is 0. The van der Waals surface area contributed by atoms with Crippen molar-refractivity contribution in [1.29, 1.82) is 0 Å². The molecule has 0 fully saturated rings. The molecule has 0 aromatic heterocycles. The van der Waals surface area contributed by atoms with Crippen LogP contribution in [0.5, 0.6) is 11.5 Å². The van der Waals surface area contributed by atoms with Crippen molar-refractivity contribution in [3.8, 4) is 44.9 Å². The number of fused-ring (bicyclic) bond motifs is 20. The number of para-hydroxylation sites is 3. The van der Waals surface area contributed by atoms with Gasteiger partial charge in [0.25, 0.3) is 0 Å². The van der Waals surface area contributed by atoms with E-state index in [0.29, 0.717) is 0 Å². The van der Waals surface area contributed by atoms with Crippen LogP contribution in [0, 0.1) is 0 Å². The molecule has 69 heavy (non-hydrogen) atoms. The average molecular weight is 896 g/mol. The van der Waals surface area contributed by atoms with Crippen molar-refractivity contribution in [1.82, 2.24) is 0 Å². The molecule has 0 saturated carbocycles. The monoisotopic (exact) mass is 895 g/mol. The average Bonchev–Trinajstić information content (AvgIpc) is 3.88. The van der Waals surface area contributed by atoms with Crippen LogP contribution >= 0.6 is 11.8 Å². The van der Waals surface area contributed by atoms with Crippen molar-refractivity contribution in [3.63, 3.8) is 0 Å². The highest BCUT2D eigenvalue weighted by Gasteiger charge is 2.53. The van der Waals surface area contributed by atoms with E-state index in [4.69, 9.17) is 4.74 Å². The Hall–Kier alpha value is -8.37. The fourth-order valence-electron chi connectivity index (χ4n) is 12.9. The minimum absolute atomic E-state index is 0.512. The van der Waals surface area contributed by atoms with Gasteiger partial charge in [-0.2, -0.15) is 0 Å². The Kier molecular flexibility index (Phi) is 8.17. The third-order valence-corrected chi connectivity index (χ3v) is 16.5. The lowest BCUT2D eigenvalue weighted by molar-refractivity contribution is 0.436. The maximum absolute atomic E-state index is 6.77. The minimum atomic E-state index is -0.622. The van der Waals surface area contributed by atoms with Gasteiger partial charge in [-0.05, 0) is 103 Å². The summed E-state index contributed by atoms with van der Waals surface area (Å²) >= 11 is 1.89. The zero-order chi connectivity index (χ0) is 45.3. The predicted octanol–water partition coefficient (Wildman–Crippen LogP) is 17.3. The first-order chi connectivity index (χ1) is 34.3. The van der Waals surface area contributed by atoms with Gasteiger partial charge in [0.05, 0.1) is 27.9 Å². The number of anilines is 3. The van der Waals surface area contributed by atoms with Gasteiger partial charge in [-0.25, -0.2) is 0 Å². The van der Waals surface area contributed by atoms with Gasteiger partial charge in [0.15, 0.2) is 0 Å². The maximum atomic E-state index is 6.77. The Bertz CT molecular complexity index is 3850. The molecule has 11 aromatic rings. The highest BCUT2D eigenvalue weighted by atomic mass is 32.2. The Morgan fingerprint density at radius 3 is 1.45 bits per heavy atom. The summed E-state index contributed by atoms with van der Waals surface area (Å²) in [5.74, 6) is 1.77. The first kappa shape index (κ1) is 38.7. The van der Waals surface area contributed by atoms with Crippen molar-refractivity contribution in [2.24, 2.45) is 0 Å².